The number of nitrogens with two attached hydrogens (primary N) is 1. The van der Waals surface area contributed by atoms with Gasteiger partial charge in [0.15, 0.2) is 0 Å². The maximum absolute atomic E-state index is 11.9. The topological polar surface area (TPSA) is 92.9 Å². The number of aromatic hydroxyl groups is 1. The second-order valence-electron chi connectivity index (χ2n) is 3.79. The Balaban J connectivity index is 1.96. The largest absolute Gasteiger partial charge is 0.507 e. The molecule has 6 heteroatoms. The molecule has 0 aliphatic carbocycles. The number of amides is 2. The van der Waals surface area contributed by atoms with Gasteiger partial charge in [-0.2, -0.15) is 0 Å². The van der Waals surface area contributed by atoms with Crippen molar-refractivity contribution < 1.29 is 19.4 Å². The maximum atomic E-state index is 11.9. The van der Waals surface area contributed by atoms with Crippen molar-refractivity contribution in [2.24, 2.45) is 5.73 Å². The van der Waals surface area contributed by atoms with Crippen molar-refractivity contribution in [2.75, 3.05) is 13.1 Å². The Bertz CT molecular complexity index is 455. The summed E-state index contributed by atoms with van der Waals surface area (Å²) in [6, 6.07) is 6.30. The Morgan fingerprint density at radius 1 is 1.35 bits per heavy atom. The molecule has 0 radical (unpaired) electrons. The lowest BCUT2D eigenvalue weighted by Gasteiger charge is -2.38. The van der Waals surface area contributed by atoms with E-state index in [2.05, 4.69) is 0 Å². The predicted octanol–water partition coefficient (Wildman–Crippen LogP) is 0.312. The number of primary amides is 1. The zero-order valence-electron chi connectivity index (χ0n) is 9.00. The number of ether oxygens (including phenoxy) is 1. The lowest BCUT2D eigenvalue weighted by molar-refractivity contribution is -0.00369. The van der Waals surface area contributed by atoms with Crippen LogP contribution in [0.4, 0.5) is 4.79 Å². The summed E-state index contributed by atoms with van der Waals surface area (Å²) in [5.41, 5.74) is 5.10. The number of hydrogen-bond acceptors (Lipinski definition) is 4. The molecule has 1 aromatic carbocycles. The molecule has 1 aliphatic heterocycles. The molecule has 2 rings (SSSR count). The molecule has 3 N–H and O–H groups in total. The third-order valence-electron chi connectivity index (χ3n) is 2.55. The first-order valence-electron chi connectivity index (χ1n) is 5.11. The van der Waals surface area contributed by atoms with E-state index < -0.39 is 6.09 Å². The predicted molar refractivity (Wildman–Crippen MR) is 58.5 cm³/mol. The van der Waals surface area contributed by atoms with Crippen LogP contribution in [-0.2, 0) is 4.74 Å². The summed E-state index contributed by atoms with van der Waals surface area (Å²) >= 11 is 0. The molecular weight excluding hydrogens is 224 g/mol. The number of para-hydroxylation sites is 1. The highest BCUT2D eigenvalue weighted by Crippen LogP contribution is 2.21. The highest BCUT2D eigenvalue weighted by atomic mass is 16.6. The average Bonchev–Trinajstić information content (AvgIpc) is 2.22. The standard InChI is InChI=1S/C11H12N2O4/c12-11(16)17-7-5-13(6-7)10(15)8-3-1-2-4-9(8)14/h1-4,7,14H,5-6H2,(H2,12,16). The third kappa shape index (κ3) is 2.30. The van der Waals surface area contributed by atoms with Gasteiger partial charge in [0.2, 0.25) is 0 Å². The van der Waals surface area contributed by atoms with Crippen LogP contribution in [0.25, 0.3) is 0 Å². The Hall–Kier alpha value is -2.24. The summed E-state index contributed by atoms with van der Waals surface area (Å²) in [5.74, 6) is -0.343. The van der Waals surface area contributed by atoms with Gasteiger partial charge >= 0.3 is 6.09 Å². The number of nitrogens with zero attached hydrogens (tertiary/aromatic N) is 1. The summed E-state index contributed by atoms with van der Waals surface area (Å²) in [5, 5.41) is 9.51. The summed E-state index contributed by atoms with van der Waals surface area (Å²) < 4.78 is 4.72. The summed E-state index contributed by atoms with van der Waals surface area (Å²) in [6.45, 7) is 0.603. The van der Waals surface area contributed by atoms with E-state index >= 15 is 0 Å². The van der Waals surface area contributed by atoms with Crippen molar-refractivity contribution in [1.29, 1.82) is 0 Å². The number of likely N-dealkylation sites (tertiary alicyclic amines) is 1. The van der Waals surface area contributed by atoms with Crippen LogP contribution >= 0.6 is 0 Å². The molecule has 17 heavy (non-hydrogen) atoms. The molecule has 0 aromatic heterocycles. The number of phenolic OH excluding ortho intramolecular Hbond substituents is 1. The molecule has 0 unspecified atom stereocenters. The third-order valence-corrected chi connectivity index (χ3v) is 2.55. The maximum Gasteiger partial charge on any atom is 0.404 e. The van der Waals surface area contributed by atoms with Crippen molar-refractivity contribution in [3.8, 4) is 5.75 Å². The van der Waals surface area contributed by atoms with Crippen molar-refractivity contribution >= 4 is 12.0 Å². The van der Waals surface area contributed by atoms with Gasteiger partial charge in [-0.3, -0.25) is 4.79 Å². The minimum Gasteiger partial charge on any atom is -0.507 e. The van der Waals surface area contributed by atoms with Crippen LogP contribution in [0.1, 0.15) is 10.4 Å². The zero-order valence-corrected chi connectivity index (χ0v) is 9.00. The molecule has 1 fully saturated rings. The average molecular weight is 236 g/mol. The Kier molecular flexibility index (Phi) is 2.86. The first-order chi connectivity index (χ1) is 8.08. The van der Waals surface area contributed by atoms with Crippen molar-refractivity contribution in [3.63, 3.8) is 0 Å². The second-order valence-corrected chi connectivity index (χ2v) is 3.79. The smallest absolute Gasteiger partial charge is 0.404 e. The molecule has 0 bridgehead atoms. The van der Waals surface area contributed by atoms with Crippen LogP contribution in [0.15, 0.2) is 24.3 Å². The van der Waals surface area contributed by atoms with Crippen molar-refractivity contribution in [1.82, 2.24) is 4.90 Å². The lowest BCUT2D eigenvalue weighted by Crippen LogP contribution is -2.55. The van der Waals surface area contributed by atoms with E-state index in [1.54, 1.807) is 18.2 Å². The lowest BCUT2D eigenvalue weighted by atomic mass is 10.1. The van der Waals surface area contributed by atoms with E-state index in [4.69, 9.17) is 10.5 Å². The van der Waals surface area contributed by atoms with Gasteiger partial charge in [0.25, 0.3) is 5.91 Å². The van der Waals surface area contributed by atoms with Gasteiger partial charge in [-0.25, -0.2) is 4.79 Å². The van der Waals surface area contributed by atoms with E-state index in [1.165, 1.54) is 11.0 Å². The molecule has 90 valence electrons. The van der Waals surface area contributed by atoms with Crippen LogP contribution in [0.2, 0.25) is 0 Å². The van der Waals surface area contributed by atoms with Gasteiger partial charge in [0, 0.05) is 0 Å². The van der Waals surface area contributed by atoms with Crippen molar-refractivity contribution in [2.45, 2.75) is 6.10 Å². The van der Waals surface area contributed by atoms with Gasteiger partial charge in [-0.05, 0) is 12.1 Å². The Morgan fingerprint density at radius 3 is 2.59 bits per heavy atom. The first kappa shape index (κ1) is 11.3. The minimum absolute atomic E-state index is 0.0585. The van der Waals surface area contributed by atoms with E-state index in [1.807, 2.05) is 0 Å². The highest BCUT2D eigenvalue weighted by molar-refractivity contribution is 5.97. The van der Waals surface area contributed by atoms with Crippen LogP contribution in [-0.4, -0.2) is 41.2 Å². The van der Waals surface area contributed by atoms with E-state index in [0.717, 1.165) is 0 Å². The normalized spacial score (nSPS) is 15.2. The van der Waals surface area contributed by atoms with E-state index in [0.29, 0.717) is 13.1 Å². The monoisotopic (exact) mass is 236 g/mol. The fourth-order valence-electron chi connectivity index (χ4n) is 1.67. The van der Waals surface area contributed by atoms with Crippen molar-refractivity contribution in [3.05, 3.63) is 29.8 Å². The van der Waals surface area contributed by atoms with E-state index in [-0.39, 0.29) is 23.3 Å². The molecule has 2 amide bonds. The Morgan fingerprint density at radius 2 is 2.00 bits per heavy atom. The van der Waals surface area contributed by atoms with Crippen LogP contribution in [0, 0.1) is 0 Å². The summed E-state index contributed by atoms with van der Waals surface area (Å²) in [4.78, 5) is 23.8. The number of hydrogen-bond donors (Lipinski definition) is 2. The van der Waals surface area contributed by atoms with Gasteiger partial charge < -0.3 is 20.5 Å². The van der Waals surface area contributed by atoms with Crippen LogP contribution < -0.4 is 5.73 Å². The SMILES string of the molecule is NC(=O)OC1CN(C(=O)c2ccccc2O)C1. The van der Waals surface area contributed by atoms with Crippen LogP contribution in [0.3, 0.4) is 0 Å². The molecule has 0 saturated carbocycles. The molecule has 0 atom stereocenters. The summed E-state index contributed by atoms with van der Waals surface area (Å²) in [7, 11) is 0. The van der Waals surface area contributed by atoms with Crippen LogP contribution in [0.5, 0.6) is 5.75 Å². The van der Waals surface area contributed by atoms with Gasteiger partial charge in [-0.15, -0.1) is 0 Å². The molecule has 1 aromatic rings. The highest BCUT2D eigenvalue weighted by Gasteiger charge is 2.34. The second kappa shape index (κ2) is 4.32. The quantitative estimate of drug-likeness (QED) is 0.772. The van der Waals surface area contributed by atoms with Gasteiger partial charge in [-0.1, -0.05) is 12.1 Å². The van der Waals surface area contributed by atoms with Gasteiger partial charge in [0.1, 0.15) is 11.9 Å². The molecule has 0 spiro atoms. The fraction of sp³-hybridized carbons (Fsp3) is 0.273. The molecule has 1 saturated heterocycles. The molecule has 1 aliphatic rings. The summed E-state index contributed by atoms with van der Waals surface area (Å²) in [6.07, 6.45) is -1.19. The first-order valence-corrected chi connectivity index (χ1v) is 5.11. The molecular formula is C11H12N2O4. The molecule has 6 nitrogen and oxygen atoms in total. The zero-order chi connectivity index (χ0) is 12.4. The number of phenols is 1. The van der Waals surface area contributed by atoms with E-state index in [9.17, 15) is 14.7 Å². The van der Waals surface area contributed by atoms with Gasteiger partial charge in [0.05, 0.1) is 18.7 Å². The number of carbonyl (C=O) groups is 2. The number of benzene rings is 1. The molecule has 1 heterocycles. The fourth-order valence-corrected chi connectivity index (χ4v) is 1.67. The number of carbonyl (C=O) groups excluding carboxylic acids is 2. The number of rotatable bonds is 2. The minimum atomic E-state index is -0.843. The Labute approximate surface area is 97.6 Å².